The second kappa shape index (κ2) is 3.57. The fourth-order valence-electron chi connectivity index (χ4n) is 2.05. The van der Waals surface area contributed by atoms with E-state index in [1.165, 1.54) is 0 Å². The average Bonchev–Trinajstić information content (AvgIpc) is 3.05. The fraction of sp³-hybridized carbons (Fsp3) is 0.143. The van der Waals surface area contributed by atoms with Crippen LogP contribution in [0, 0.1) is 12.1 Å². The predicted molar refractivity (Wildman–Crippen MR) is 61.8 cm³/mol. The van der Waals surface area contributed by atoms with Gasteiger partial charge in [0.1, 0.15) is 0 Å². The largest absolute Gasteiger partial charge is 0.454 e. The summed E-state index contributed by atoms with van der Waals surface area (Å²) in [7, 11) is 0. The first-order chi connectivity index (χ1) is 8.92. The van der Waals surface area contributed by atoms with Crippen LogP contribution in [-0.2, 0) is 0 Å². The second-order valence-corrected chi connectivity index (χ2v) is 3.92. The Morgan fingerprint density at radius 3 is 2.78 bits per heavy atom. The van der Waals surface area contributed by atoms with E-state index in [9.17, 15) is 0 Å². The Balaban J connectivity index is 1.86. The lowest BCUT2D eigenvalue weighted by Crippen LogP contribution is -1.93. The Hall–Kier alpha value is -2.36. The first kappa shape index (κ1) is 9.65. The van der Waals surface area contributed by atoms with E-state index in [0.29, 0.717) is 17.2 Å². The van der Waals surface area contributed by atoms with Gasteiger partial charge in [-0.15, -0.1) is 0 Å². The summed E-state index contributed by atoms with van der Waals surface area (Å²) in [5.74, 6) is 2.77. The van der Waals surface area contributed by atoms with Crippen LogP contribution in [0.15, 0.2) is 24.3 Å². The van der Waals surface area contributed by atoms with Crippen molar-refractivity contribution in [2.45, 2.75) is 0 Å². The molecule has 0 unspecified atom stereocenters. The molecule has 0 amide bonds. The first-order valence-corrected chi connectivity index (χ1v) is 5.54. The van der Waals surface area contributed by atoms with Gasteiger partial charge in [0.2, 0.25) is 13.6 Å². The number of hydrogen-bond acceptors (Lipinski definition) is 4. The molecule has 4 heteroatoms. The highest BCUT2D eigenvalue weighted by atomic mass is 16.7. The second-order valence-electron chi connectivity index (χ2n) is 3.92. The highest BCUT2D eigenvalue weighted by Crippen LogP contribution is 2.43. The third kappa shape index (κ3) is 1.32. The van der Waals surface area contributed by atoms with E-state index in [0.717, 1.165) is 16.9 Å². The SMILES string of the molecule is [c]1c(-c2[c]ccc3c2OCO3)ccc2c1OCO2. The Morgan fingerprint density at radius 1 is 0.889 bits per heavy atom. The summed E-state index contributed by atoms with van der Waals surface area (Å²) in [5, 5.41) is 0. The Morgan fingerprint density at radius 2 is 1.78 bits per heavy atom. The van der Waals surface area contributed by atoms with Crippen LogP contribution in [0.5, 0.6) is 23.0 Å². The van der Waals surface area contributed by atoms with E-state index >= 15 is 0 Å². The molecule has 18 heavy (non-hydrogen) atoms. The monoisotopic (exact) mass is 240 g/mol. The van der Waals surface area contributed by atoms with E-state index in [1.807, 2.05) is 18.2 Å². The van der Waals surface area contributed by atoms with Gasteiger partial charge in [-0.3, -0.25) is 0 Å². The van der Waals surface area contributed by atoms with Gasteiger partial charge in [0.05, 0.1) is 0 Å². The zero-order valence-corrected chi connectivity index (χ0v) is 9.36. The molecule has 2 aliphatic heterocycles. The number of benzene rings is 2. The van der Waals surface area contributed by atoms with E-state index in [-0.39, 0.29) is 13.6 Å². The van der Waals surface area contributed by atoms with Crippen LogP contribution in [0.4, 0.5) is 0 Å². The van der Waals surface area contributed by atoms with Gasteiger partial charge in [-0.2, -0.15) is 0 Å². The molecule has 2 aliphatic rings. The molecule has 0 saturated heterocycles. The van der Waals surface area contributed by atoms with Crippen molar-refractivity contribution in [1.82, 2.24) is 0 Å². The minimum absolute atomic E-state index is 0.241. The molecule has 4 nitrogen and oxygen atoms in total. The normalized spacial score (nSPS) is 14.9. The van der Waals surface area contributed by atoms with Crippen molar-refractivity contribution >= 4 is 0 Å². The molecule has 2 heterocycles. The molecule has 2 radical (unpaired) electrons. The number of ether oxygens (including phenoxy) is 4. The molecule has 0 N–H and O–H groups in total. The Kier molecular flexibility index (Phi) is 1.91. The minimum Gasteiger partial charge on any atom is -0.454 e. The maximum absolute atomic E-state index is 5.46. The topological polar surface area (TPSA) is 36.9 Å². The third-order valence-electron chi connectivity index (χ3n) is 2.89. The molecule has 88 valence electrons. The van der Waals surface area contributed by atoms with Crippen molar-refractivity contribution < 1.29 is 18.9 Å². The summed E-state index contributed by atoms with van der Waals surface area (Å²) in [5.41, 5.74) is 1.67. The van der Waals surface area contributed by atoms with E-state index in [4.69, 9.17) is 18.9 Å². The van der Waals surface area contributed by atoms with E-state index < -0.39 is 0 Å². The Bertz CT molecular complexity index is 621. The van der Waals surface area contributed by atoms with Gasteiger partial charge in [0.15, 0.2) is 23.0 Å². The number of hydrogen-bond donors (Lipinski definition) is 0. The molecule has 0 saturated carbocycles. The summed E-state index contributed by atoms with van der Waals surface area (Å²) < 4.78 is 21.4. The number of rotatable bonds is 1. The van der Waals surface area contributed by atoms with E-state index in [1.54, 1.807) is 6.07 Å². The van der Waals surface area contributed by atoms with Gasteiger partial charge >= 0.3 is 0 Å². The lowest BCUT2D eigenvalue weighted by molar-refractivity contribution is 0.174. The van der Waals surface area contributed by atoms with Crippen LogP contribution >= 0.6 is 0 Å². The summed E-state index contributed by atoms with van der Waals surface area (Å²) in [6.45, 7) is 0.482. The third-order valence-corrected chi connectivity index (χ3v) is 2.89. The average molecular weight is 240 g/mol. The predicted octanol–water partition coefficient (Wildman–Crippen LogP) is 2.41. The molecule has 0 bridgehead atoms. The van der Waals surface area contributed by atoms with Gasteiger partial charge in [-0.05, 0) is 35.9 Å². The minimum atomic E-state index is 0.241. The lowest BCUT2D eigenvalue weighted by Gasteiger charge is -2.05. The maximum atomic E-state index is 5.46. The van der Waals surface area contributed by atoms with Crippen LogP contribution in [-0.4, -0.2) is 13.6 Å². The van der Waals surface area contributed by atoms with Crippen LogP contribution in [0.3, 0.4) is 0 Å². The van der Waals surface area contributed by atoms with E-state index in [2.05, 4.69) is 12.1 Å². The van der Waals surface area contributed by atoms with Crippen molar-refractivity contribution in [2.75, 3.05) is 13.6 Å². The summed E-state index contributed by atoms with van der Waals surface area (Å²) in [4.78, 5) is 0. The van der Waals surface area contributed by atoms with Crippen molar-refractivity contribution in [3.8, 4) is 34.1 Å². The van der Waals surface area contributed by atoms with Gasteiger partial charge in [0, 0.05) is 11.6 Å². The highest BCUT2D eigenvalue weighted by Gasteiger charge is 2.21. The summed E-state index contributed by atoms with van der Waals surface area (Å²) >= 11 is 0. The quantitative estimate of drug-likeness (QED) is 0.767. The molecule has 2 aromatic rings. The number of fused-ring (bicyclic) bond motifs is 2. The first-order valence-electron chi connectivity index (χ1n) is 5.54. The van der Waals surface area contributed by atoms with Crippen LogP contribution in [0.1, 0.15) is 0 Å². The van der Waals surface area contributed by atoms with Crippen LogP contribution in [0.25, 0.3) is 11.1 Å². The van der Waals surface area contributed by atoms with Crippen molar-refractivity contribution in [3.05, 3.63) is 36.4 Å². The molecule has 2 aromatic carbocycles. The molecule has 0 aromatic heterocycles. The standard InChI is InChI=1S/C14H8O4/c1-2-10(14-12(3-1)16-8-18-14)9-4-5-11-13(6-9)17-7-15-11/h1,3-5H,7-8H2. The maximum Gasteiger partial charge on any atom is 0.231 e. The zero-order valence-electron chi connectivity index (χ0n) is 9.36. The van der Waals surface area contributed by atoms with Crippen molar-refractivity contribution in [2.24, 2.45) is 0 Å². The molecule has 0 atom stereocenters. The molecule has 4 rings (SSSR count). The molecule has 0 spiro atoms. The van der Waals surface area contributed by atoms with Gasteiger partial charge < -0.3 is 18.9 Å². The smallest absolute Gasteiger partial charge is 0.231 e. The molecular weight excluding hydrogens is 232 g/mol. The fourth-order valence-corrected chi connectivity index (χ4v) is 2.05. The summed E-state index contributed by atoms with van der Waals surface area (Å²) in [6, 6.07) is 13.7. The van der Waals surface area contributed by atoms with Gasteiger partial charge in [-0.1, -0.05) is 0 Å². The molecular formula is C14H8O4. The molecule has 0 fully saturated rings. The zero-order chi connectivity index (χ0) is 11.9. The lowest BCUT2D eigenvalue weighted by atomic mass is 10.0. The van der Waals surface area contributed by atoms with Crippen LogP contribution in [0.2, 0.25) is 0 Å². The van der Waals surface area contributed by atoms with Gasteiger partial charge in [0.25, 0.3) is 0 Å². The van der Waals surface area contributed by atoms with Crippen LogP contribution < -0.4 is 18.9 Å². The summed E-state index contributed by atoms with van der Waals surface area (Å²) in [6.07, 6.45) is 0. The van der Waals surface area contributed by atoms with Crippen molar-refractivity contribution in [1.29, 1.82) is 0 Å². The van der Waals surface area contributed by atoms with Gasteiger partial charge in [-0.25, -0.2) is 0 Å². The highest BCUT2D eigenvalue weighted by molar-refractivity contribution is 5.75. The van der Waals surface area contributed by atoms with Crippen molar-refractivity contribution in [3.63, 3.8) is 0 Å². The Labute approximate surface area is 104 Å². The molecule has 0 aliphatic carbocycles.